The fourth-order valence-electron chi connectivity index (χ4n) is 2.15. The quantitative estimate of drug-likeness (QED) is 0.766. The van der Waals surface area contributed by atoms with Gasteiger partial charge in [-0.05, 0) is 23.8 Å². The number of ether oxygens (including phenoxy) is 2. The summed E-state index contributed by atoms with van der Waals surface area (Å²) < 4.78 is 12.2. The number of hydrogen-bond acceptors (Lipinski definition) is 4. The van der Waals surface area contributed by atoms with Gasteiger partial charge in [0.1, 0.15) is 0 Å². The molecule has 2 rings (SSSR count). The minimum absolute atomic E-state index is 0.0800. The number of amides is 1. The molecule has 0 N–H and O–H groups in total. The second kappa shape index (κ2) is 7.49. The average Bonchev–Trinajstić information content (AvgIpc) is 2.97. The van der Waals surface area contributed by atoms with Crippen molar-refractivity contribution in [3.63, 3.8) is 0 Å². The normalized spacial score (nSPS) is 10.8. The molecule has 0 aliphatic rings. The van der Waals surface area contributed by atoms with Crippen molar-refractivity contribution in [3.05, 3.63) is 47.8 Å². The predicted octanol–water partition coefficient (Wildman–Crippen LogP) is 2.11. The van der Waals surface area contributed by atoms with E-state index in [0.717, 1.165) is 11.1 Å². The smallest absolute Gasteiger partial charge is 0.246 e. The summed E-state index contributed by atoms with van der Waals surface area (Å²) in [5.74, 6) is 1.24. The van der Waals surface area contributed by atoms with E-state index in [1.807, 2.05) is 31.4 Å². The summed E-state index contributed by atoms with van der Waals surface area (Å²) in [6.07, 6.45) is 6.84. The van der Waals surface area contributed by atoms with Gasteiger partial charge >= 0.3 is 0 Å². The van der Waals surface area contributed by atoms with Crippen LogP contribution in [-0.2, 0) is 18.4 Å². The van der Waals surface area contributed by atoms with Crippen molar-refractivity contribution in [2.24, 2.45) is 7.05 Å². The molecule has 23 heavy (non-hydrogen) atoms. The van der Waals surface area contributed by atoms with Crippen LogP contribution in [0, 0.1) is 0 Å². The topological polar surface area (TPSA) is 56.6 Å². The number of likely N-dealkylation sites (N-methyl/N-ethyl adjacent to an activating group) is 1. The van der Waals surface area contributed by atoms with Crippen molar-refractivity contribution in [3.8, 4) is 11.5 Å². The van der Waals surface area contributed by atoms with E-state index in [1.165, 1.54) is 6.08 Å². The van der Waals surface area contributed by atoms with Gasteiger partial charge in [0.2, 0.25) is 5.91 Å². The molecule has 6 nitrogen and oxygen atoms in total. The Hall–Kier alpha value is -2.76. The summed E-state index contributed by atoms with van der Waals surface area (Å²) in [5, 5.41) is 4.06. The summed E-state index contributed by atoms with van der Waals surface area (Å²) in [6, 6.07) is 5.61. The van der Waals surface area contributed by atoms with Crippen LogP contribution in [0.2, 0.25) is 0 Å². The second-order valence-corrected chi connectivity index (χ2v) is 5.16. The molecule has 0 fully saturated rings. The number of aromatic nitrogens is 2. The Kier molecular flexibility index (Phi) is 5.41. The third kappa shape index (κ3) is 4.35. The Morgan fingerprint density at radius 1 is 1.30 bits per heavy atom. The van der Waals surface area contributed by atoms with Gasteiger partial charge in [0.25, 0.3) is 0 Å². The van der Waals surface area contributed by atoms with E-state index in [1.54, 1.807) is 43.1 Å². The number of nitrogens with zero attached hydrogens (tertiary/aromatic N) is 3. The molecule has 0 saturated heterocycles. The Morgan fingerprint density at radius 2 is 2.04 bits per heavy atom. The molecule has 0 unspecified atom stereocenters. The summed E-state index contributed by atoms with van der Waals surface area (Å²) in [4.78, 5) is 13.8. The molecule has 0 spiro atoms. The number of benzene rings is 1. The molecular weight excluding hydrogens is 294 g/mol. The highest BCUT2D eigenvalue weighted by molar-refractivity contribution is 5.91. The van der Waals surface area contributed by atoms with Crippen molar-refractivity contribution in [1.82, 2.24) is 14.7 Å². The lowest BCUT2D eigenvalue weighted by Gasteiger charge is -2.16. The van der Waals surface area contributed by atoms with Gasteiger partial charge in [0.15, 0.2) is 11.5 Å². The number of methoxy groups -OCH3 is 2. The van der Waals surface area contributed by atoms with Crippen molar-refractivity contribution in [1.29, 1.82) is 0 Å². The van der Waals surface area contributed by atoms with Crippen molar-refractivity contribution >= 4 is 12.0 Å². The number of carbonyl (C=O) groups is 1. The SMILES string of the molecule is COc1ccc(CN(C)C(=O)C=Cc2cnn(C)c2)cc1OC. The zero-order valence-corrected chi connectivity index (χ0v) is 13.8. The van der Waals surface area contributed by atoms with Crippen LogP contribution in [0.1, 0.15) is 11.1 Å². The van der Waals surface area contributed by atoms with Crippen LogP contribution in [0.25, 0.3) is 6.08 Å². The summed E-state index contributed by atoms with van der Waals surface area (Å²) in [6.45, 7) is 0.483. The van der Waals surface area contributed by atoms with Crippen LogP contribution in [0.4, 0.5) is 0 Å². The number of hydrogen-bond donors (Lipinski definition) is 0. The van der Waals surface area contributed by atoms with E-state index in [9.17, 15) is 4.79 Å². The third-order valence-electron chi connectivity index (χ3n) is 3.39. The Bertz CT molecular complexity index is 707. The molecule has 0 radical (unpaired) electrons. The molecule has 122 valence electrons. The summed E-state index contributed by atoms with van der Waals surface area (Å²) in [7, 11) is 6.78. The third-order valence-corrected chi connectivity index (χ3v) is 3.39. The van der Waals surface area contributed by atoms with Crippen LogP contribution in [0.3, 0.4) is 0 Å². The number of carbonyl (C=O) groups excluding carboxylic acids is 1. The Balaban J connectivity index is 2.02. The summed E-state index contributed by atoms with van der Waals surface area (Å²) in [5.41, 5.74) is 1.86. The van der Waals surface area contributed by atoms with Crippen LogP contribution < -0.4 is 9.47 Å². The lowest BCUT2D eigenvalue weighted by molar-refractivity contribution is -0.125. The first-order valence-corrected chi connectivity index (χ1v) is 7.16. The lowest BCUT2D eigenvalue weighted by Crippen LogP contribution is -2.24. The fourth-order valence-corrected chi connectivity index (χ4v) is 2.15. The molecule has 6 heteroatoms. The van der Waals surface area contributed by atoms with Gasteiger partial charge in [-0.2, -0.15) is 5.10 Å². The zero-order chi connectivity index (χ0) is 16.8. The van der Waals surface area contributed by atoms with Gasteiger partial charge in [0.05, 0.1) is 20.4 Å². The first kappa shape index (κ1) is 16.6. The van der Waals surface area contributed by atoms with E-state index >= 15 is 0 Å². The minimum atomic E-state index is -0.0800. The maximum absolute atomic E-state index is 12.2. The van der Waals surface area contributed by atoms with E-state index in [-0.39, 0.29) is 5.91 Å². The average molecular weight is 315 g/mol. The molecule has 1 amide bonds. The number of rotatable bonds is 6. The molecule has 0 aliphatic heterocycles. The summed E-state index contributed by atoms with van der Waals surface area (Å²) >= 11 is 0. The highest BCUT2D eigenvalue weighted by Crippen LogP contribution is 2.27. The van der Waals surface area contributed by atoms with Crippen LogP contribution in [0.5, 0.6) is 11.5 Å². The maximum atomic E-state index is 12.2. The first-order chi connectivity index (χ1) is 11.0. The number of aryl methyl sites for hydroxylation is 1. The van der Waals surface area contributed by atoms with Crippen LogP contribution in [-0.4, -0.2) is 41.9 Å². The van der Waals surface area contributed by atoms with Gasteiger partial charge in [-0.3, -0.25) is 9.48 Å². The van der Waals surface area contributed by atoms with E-state index < -0.39 is 0 Å². The highest BCUT2D eigenvalue weighted by atomic mass is 16.5. The molecule has 0 bridgehead atoms. The fraction of sp³-hybridized carbons (Fsp3) is 0.294. The van der Waals surface area contributed by atoms with Crippen molar-refractivity contribution in [2.45, 2.75) is 6.54 Å². The van der Waals surface area contributed by atoms with Crippen molar-refractivity contribution in [2.75, 3.05) is 21.3 Å². The zero-order valence-electron chi connectivity index (χ0n) is 13.8. The molecule has 1 aromatic heterocycles. The van der Waals surface area contributed by atoms with Gasteiger partial charge in [-0.25, -0.2) is 0 Å². The molecule has 1 heterocycles. The molecular formula is C17H21N3O3. The van der Waals surface area contributed by atoms with Gasteiger partial charge < -0.3 is 14.4 Å². The second-order valence-electron chi connectivity index (χ2n) is 5.16. The van der Waals surface area contributed by atoms with Gasteiger partial charge in [-0.1, -0.05) is 6.07 Å². The Morgan fingerprint density at radius 3 is 2.65 bits per heavy atom. The lowest BCUT2D eigenvalue weighted by atomic mass is 10.2. The maximum Gasteiger partial charge on any atom is 0.246 e. The van der Waals surface area contributed by atoms with E-state index in [0.29, 0.717) is 18.0 Å². The molecule has 1 aromatic carbocycles. The minimum Gasteiger partial charge on any atom is -0.493 e. The van der Waals surface area contributed by atoms with E-state index in [2.05, 4.69) is 5.10 Å². The predicted molar refractivity (Wildman–Crippen MR) is 88.3 cm³/mol. The van der Waals surface area contributed by atoms with Crippen molar-refractivity contribution < 1.29 is 14.3 Å². The van der Waals surface area contributed by atoms with Gasteiger partial charge in [0, 0.05) is 38.5 Å². The monoisotopic (exact) mass is 315 g/mol. The largest absolute Gasteiger partial charge is 0.493 e. The first-order valence-electron chi connectivity index (χ1n) is 7.16. The standard InChI is InChI=1S/C17H21N3O3/c1-19(17(21)8-6-14-10-18-20(2)12-14)11-13-5-7-15(22-3)16(9-13)23-4/h5-10,12H,11H2,1-4H3. The molecule has 2 aromatic rings. The molecule has 0 atom stereocenters. The van der Waals surface area contributed by atoms with Gasteiger partial charge in [-0.15, -0.1) is 0 Å². The van der Waals surface area contributed by atoms with Crippen LogP contribution >= 0.6 is 0 Å². The van der Waals surface area contributed by atoms with E-state index in [4.69, 9.17) is 9.47 Å². The molecule has 0 saturated carbocycles. The highest BCUT2D eigenvalue weighted by Gasteiger charge is 2.09. The Labute approximate surface area is 135 Å². The molecule has 0 aliphatic carbocycles. The van der Waals surface area contributed by atoms with Crippen LogP contribution in [0.15, 0.2) is 36.7 Å².